The molecule has 1 atom stereocenters. The molecule has 0 aliphatic heterocycles. The summed E-state index contributed by atoms with van der Waals surface area (Å²) in [5.41, 5.74) is 2.97. The third-order valence-electron chi connectivity index (χ3n) is 4.03. The van der Waals surface area contributed by atoms with Crippen molar-refractivity contribution in [3.63, 3.8) is 0 Å². The van der Waals surface area contributed by atoms with Crippen molar-refractivity contribution in [1.82, 2.24) is 5.32 Å². The fraction of sp³-hybridized carbons (Fsp3) is 0.190. The minimum atomic E-state index is -0.328. The summed E-state index contributed by atoms with van der Waals surface area (Å²) >= 11 is 1.54. The first-order valence-electron chi connectivity index (χ1n) is 8.31. The Bertz CT molecular complexity index is 876. The number of hydrogen-bond donors (Lipinski definition) is 1. The van der Waals surface area contributed by atoms with Gasteiger partial charge in [-0.05, 0) is 54.6 Å². The summed E-state index contributed by atoms with van der Waals surface area (Å²) < 4.78 is 18.9. The Balaban J connectivity index is 1.70. The molecule has 1 heterocycles. The van der Waals surface area contributed by atoms with Crippen molar-refractivity contribution >= 4 is 17.2 Å². The zero-order valence-corrected chi connectivity index (χ0v) is 15.5. The van der Waals surface area contributed by atoms with Crippen LogP contribution in [-0.2, 0) is 4.79 Å². The fourth-order valence-corrected chi connectivity index (χ4v) is 3.54. The van der Waals surface area contributed by atoms with Crippen LogP contribution in [0, 0.1) is 19.7 Å². The standard InChI is InChI=1S/C21H20FNO2S/c1-14-5-10-18(15(2)12-14)25-13-20(24)23-21(19-4-3-11-26-19)16-6-8-17(22)9-7-16/h3-12,21H,13H2,1-2H3,(H,23,24). The summed E-state index contributed by atoms with van der Waals surface area (Å²) in [6, 6.07) is 15.5. The quantitative estimate of drug-likeness (QED) is 0.678. The lowest BCUT2D eigenvalue weighted by atomic mass is 10.1. The molecule has 0 saturated heterocycles. The molecule has 0 fully saturated rings. The van der Waals surface area contributed by atoms with Gasteiger partial charge < -0.3 is 10.1 Å². The van der Waals surface area contributed by atoms with Crippen molar-refractivity contribution in [2.24, 2.45) is 0 Å². The number of thiophene rings is 1. The van der Waals surface area contributed by atoms with E-state index in [1.165, 1.54) is 12.1 Å². The molecule has 0 aliphatic rings. The maximum Gasteiger partial charge on any atom is 0.258 e. The van der Waals surface area contributed by atoms with Gasteiger partial charge in [0.15, 0.2) is 6.61 Å². The molecule has 0 saturated carbocycles. The van der Waals surface area contributed by atoms with Crippen molar-refractivity contribution in [3.8, 4) is 5.75 Å². The lowest BCUT2D eigenvalue weighted by Gasteiger charge is -2.18. The Morgan fingerprint density at radius 1 is 1.15 bits per heavy atom. The predicted octanol–water partition coefficient (Wildman–Crippen LogP) is 4.79. The number of rotatable bonds is 6. The van der Waals surface area contributed by atoms with Gasteiger partial charge in [0.25, 0.3) is 5.91 Å². The van der Waals surface area contributed by atoms with Crippen LogP contribution in [0.1, 0.15) is 27.6 Å². The number of nitrogens with one attached hydrogen (secondary N) is 1. The molecular formula is C21H20FNO2S. The van der Waals surface area contributed by atoms with Crippen LogP contribution in [0.5, 0.6) is 5.75 Å². The van der Waals surface area contributed by atoms with Crippen molar-refractivity contribution < 1.29 is 13.9 Å². The van der Waals surface area contributed by atoms with Gasteiger partial charge in [-0.1, -0.05) is 35.9 Å². The second-order valence-electron chi connectivity index (χ2n) is 6.13. The largest absolute Gasteiger partial charge is 0.484 e. The second-order valence-corrected chi connectivity index (χ2v) is 7.10. The van der Waals surface area contributed by atoms with Crippen molar-refractivity contribution in [1.29, 1.82) is 0 Å². The van der Waals surface area contributed by atoms with E-state index in [2.05, 4.69) is 5.32 Å². The molecule has 1 unspecified atom stereocenters. The van der Waals surface area contributed by atoms with Crippen LogP contribution >= 0.6 is 11.3 Å². The zero-order valence-electron chi connectivity index (χ0n) is 14.7. The van der Waals surface area contributed by atoms with Crippen molar-refractivity contribution in [2.45, 2.75) is 19.9 Å². The van der Waals surface area contributed by atoms with E-state index in [9.17, 15) is 9.18 Å². The summed E-state index contributed by atoms with van der Waals surface area (Å²) in [6.07, 6.45) is 0. The molecule has 5 heteroatoms. The van der Waals surface area contributed by atoms with Gasteiger partial charge in [-0.2, -0.15) is 0 Å². The maximum atomic E-state index is 13.2. The average Bonchev–Trinajstić information content (AvgIpc) is 3.14. The van der Waals surface area contributed by atoms with E-state index in [4.69, 9.17) is 4.74 Å². The number of carbonyl (C=O) groups excluding carboxylic acids is 1. The van der Waals surface area contributed by atoms with Gasteiger partial charge in [0.05, 0.1) is 6.04 Å². The number of benzene rings is 2. The maximum absolute atomic E-state index is 13.2. The smallest absolute Gasteiger partial charge is 0.258 e. The average molecular weight is 369 g/mol. The minimum absolute atomic E-state index is 0.0764. The number of aryl methyl sites for hydroxylation is 2. The van der Waals surface area contributed by atoms with Crippen LogP contribution < -0.4 is 10.1 Å². The monoisotopic (exact) mass is 369 g/mol. The molecule has 2 aromatic carbocycles. The van der Waals surface area contributed by atoms with Crippen molar-refractivity contribution in [3.05, 3.63) is 87.4 Å². The van der Waals surface area contributed by atoms with Crippen LogP contribution in [0.25, 0.3) is 0 Å². The van der Waals surface area contributed by atoms with Crippen LogP contribution in [0.3, 0.4) is 0 Å². The lowest BCUT2D eigenvalue weighted by Crippen LogP contribution is -2.33. The molecule has 134 valence electrons. The first kappa shape index (κ1) is 18.1. The number of carbonyl (C=O) groups is 1. The molecule has 3 rings (SSSR count). The molecule has 3 nitrogen and oxygen atoms in total. The number of halogens is 1. The molecule has 1 N–H and O–H groups in total. The Hall–Kier alpha value is -2.66. The van der Waals surface area contributed by atoms with Gasteiger partial charge in [-0.25, -0.2) is 4.39 Å². The van der Waals surface area contributed by atoms with Crippen LogP contribution in [-0.4, -0.2) is 12.5 Å². The molecule has 0 radical (unpaired) electrons. The Morgan fingerprint density at radius 3 is 2.58 bits per heavy atom. The predicted molar refractivity (Wildman–Crippen MR) is 102 cm³/mol. The summed E-state index contributed by atoms with van der Waals surface area (Å²) in [4.78, 5) is 13.4. The lowest BCUT2D eigenvalue weighted by molar-refractivity contribution is -0.123. The highest BCUT2D eigenvalue weighted by atomic mass is 32.1. The SMILES string of the molecule is Cc1ccc(OCC(=O)NC(c2ccc(F)cc2)c2cccs2)c(C)c1. The summed E-state index contributed by atoms with van der Waals surface area (Å²) in [5, 5.41) is 4.93. The first-order valence-corrected chi connectivity index (χ1v) is 9.19. The first-order chi connectivity index (χ1) is 12.5. The van der Waals surface area contributed by atoms with E-state index in [0.29, 0.717) is 5.75 Å². The Labute approximate surface area is 156 Å². The van der Waals surface area contributed by atoms with Gasteiger partial charge in [-0.3, -0.25) is 4.79 Å². The highest BCUT2D eigenvalue weighted by Gasteiger charge is 2.18. The van der Waals surface area contributed by atoms with Gasteiger partial charge in [0, 0.05) is 4.88 Å². The summed E-state index contributed by atoms with van der Waals surface area (Å²) in [5.74, 6) is 0.163. The van der Waals surface area contributed by atoms with Crippen LogP contribution in [0.4, 0.5) is 4.39 Å². The molecule has 3 aromatic rings. The highest BCUT2D eigenvalue weighted by molar-refractivity contribution is 7.10. The summed E-state index contributed by atoms with van der Waals surface area (Å²) in [7, 11) is 0. The minimum Gasteiger partial charge on any atom is -0.484 e. The third-order valence-corrected chi connectivity index (χ3v) is 4.96. The van der Waals surface area contributed by atoms with Crippen molar-refractivity contribution in [2.75, 3.05) is 6.61 Å². The topological polar surface area (TPSA) is 38.3 Å². The molecule has 0 spiro atoms. The molecule has 1 amide bonds. The third kappa shape index (κ3) is 4.49. The van der Waals surface area contributed by atoms with Gasteiger partial charge in [0.2, 0.25) is 0 Å². The molecule has 1 aromatic heterocycles. The second kappa shape index (κ2) is 8.15. The van der Waals surface area contributed by atoms with Crippen LogP contribution in [0.2, 0.25) is 0 Å². The molecular weight excluding hydrogens is 349 g/mol. The Morgan fingerprint density at radius 2 is 1.92 bits per heavy atom. The fourth-order valence-electron chi connectivity index (χ4n) is 2.74. The molecule has 0 bridgehead atoms. The van der Waals surface area contributed by atoms with Crippen LogP contribution in [0.15, 0.2) is 60.0 Å². The number of ether oxygens (including phenoxy) is 1. The van der Waals surface area contributed by atoms with E-state index >= 15 is 0 Å². The van der Waals surface area contributed by atoms with E-state index < -0.39 is 0 Å². The molecule has 0 aliphatic carbocycles. The number of hydrogen-bond acceptors (Lipinski definition) is 3. The summed E-state index contributed by atoms with van der Waals surface area (Å²) in [6.45, 7) is 3.89. The van der Waals surface area contributed by atoms with Gasteiger partial charge in [0.1, 0.15) is 11.6 Å². The highest BCUT2D eigenvalue weighted by Crippen LogP contribution is 2.26. The van der Waals surface area contributed by atoms with Gasteiger partial charge in [-0.15, -0.1) is 11.3 Å². The number of amides is 1. The van der Waals surface area contributed by atoms with Gasteiger partial charge >= 0.3 is 0 Å². The normalized spacial score (nSPS) is 11.8. The zero-order chi connectivity index (χ0) is 18.5. The molecule has 26 heavy (non-hydrogen) atoms. The van der Waals surface area contributed by atoms with E-state index in [-0.39, 0.29) is 24.4 Å². The Kier molecular flexibility index (Phi) is 5.68. The van der Waals surface area contributed by atoms with E-state index in [0.717, 1.165) is 21.6 Å². The van der Waals surface area contributed by atoms with E-state index in [1.807, 2.05) is 49.6 Å². The van der Waals surface area contributed by atoms with E-state index in [1.54, 1.807) is 23.5 Å².